The predicted octanol–water partition coefficient (Wildman–Crippen LogP) is 3.60. The van der Waals surface area contributed by atoms with Crippen molar-refractivity contribution in [2.24, 2.45) is 5.92 Å². The lowest BCUT2D eigenvalue weighted by atomic mass is 10.1. The van der Waals surface area contributed by atoms with Crippen LogP contribution in [0.5, 0.6) is 11.5 Å². The van der Waals surface area contributed by atoms with Crippen LogP contribution in [0.3, 0.4) is 0 Å². The van der Waals surface area contributed by atoms with E-state index in [1.54, 1.807) is 13.0 Å². The number of rotatable bonds is 11. The summed E-state index contributed by atoms with van der Waals surface area (Å²) in [5.74, 6) is 1.80. The quantitative estimate of drug-likeness (QED) is 0.130. The van der Waals surface area contributed by atoms with Crippen molar-refractivity contribution in [2.75, 3.05) is 44.3 Å². The number of carbonyl (C=O) groups is 2. The van der Waals surface area contributed by atoms with Crippen LogP contribution in [0.4, 0.5) is 5.69 Å². The molecule has 2 aliphatic rings. The molecule has 0 spiro atoms. The minimum atomic E-state index is -0.434. The fourth-order valence-corrected chi connectivity index (χ4v) is 7.06. The molecule has 0 bridgehead atoms. The highest BCUT2D eigenvalue weighted by molar-refractivity contribution is 6.36. The molecule has 0 saturated carbocycles. The van der Waals surface area contributed by atoms with E-state index < -0.39 is 6.29 Å². The average Bonchev–Trinajstić information content (AvgIpc) is 3.73. The lowest BCUT2D eigenvalue weighted by Crippen LogP contribution is -3.00. The molecule has 0 N–H and O–H groups in total. The maximum Gasteiger partial charge on any atom is 0.313 e. The first-order valence-corrected chi connectivity index (χ1v) is 18.1. The number of halogens is 3. The molecule has 2 aliphatic heterocycles. The number of anilines is 1. The van der Waals surface area contributed by atoms with Gasteiger partial charge in [0, 0.05) is 43.8 Å². The molecular weight excluding hydrogens is 771 g/mol. The van der Waals surface area contributed by atoms with Crippen molar-refractivity contribution in [3.63, 3.8) is 0 Å². The number of benzene rings is 3. The number of imidazole rings is 1. The first kappa shape index (κ1) is 39.6. The zero-order chi connectivity index (χ0) is 36.2. The normalized spacial score (nSPS) is 14.8. The fourth-order valence-electron chi connectivity index (χ4n) is 6.57. The molecule has 6 rings (SSSR count). The number of aryl methyl sites for hydroxylation is 2. The van der Waals surface area contributed by atoms with Crippen molar-refractivity contribution in [3.8, 4) is 22.9 Å². The van der Waals surface area contributed by atoms with Crippen LogP contribution in [0.1, 0.15) is 43.2 Å². The van der Waals surface area contributed by atoms with E-state index in [1.165, 1.54) is 0 Å². The third-order valence-corrected chi connectivity index (χ3v) is 9.78. The number of esters is 1. The molecule has 0 radical (unpaired) electrons. The summed E-state index contributed by atoms with van der Waals surface area (Å²) >= 11 is 13.2. The van der Waals surface area contributed by atoms with Crippen LogP contribution in [0, 0.1) is 19.8 Å². The van der Waals surface area contributed by atoms with Gasteiger partial charge in [-0.2, -0.15) is 0 Å². The average molecular weight is 817 g/mol. The van der Waals surface area contributed by atoms with Crippen LogP contribution in [-0.4, -0.2) is 67.0 Å². The Labute approximate surface area is 325 Å². The summed E-state index contributed by atoms with van der Waals surface area (Å²) in [6, 6.07) is 17.7. The van der Waals surface area contributed by atoms with E-state index in [0.717, 1.165) is 58.3 Å². The van der Waals surface area contributed by atoms with E-state index in [0.29, 0.717) is 55.2 Å². The van der Waals surface area contributed by atoms with Crippen molar-refractivity contribution in [3.05, 3.63) is 93.2 Å². The summed E-state index contributed by atoms with van der Waals surface area (Å²) in [5.41, 5.74) is 5.59. The minimum Gasteiger partial charge on any atom is -1.00 e. The highest BCUT2D eigenvalue weighted by Gasteiger charge is 2.31. The third-order valence-electron chi connectivity index (χ3n) is 9.23. The highest BCUT2D eigenvalue weighted by Crippen LogP contribution is 2.32. The Balaban J connectivity index is 0.00000523. The largest absolute Gasteiger partial charge is 1.00 e. The molecule has 3 aromatic carbocycles. The van der Waals surface area contributed by atoms with E-state index in [4.69, 9.17) is 42.1 Å². The first-order valence-electron chi connectivity index (χ1n) is 17.3. The van der Waals surface area contributed by atoms with E-state index in [1.807, 2.05) is 56.9 Å². The lowest BCUT2D eigenvalue weighted by molar-refractivity contribution is -0.677. The van der Waals surface area contributed by atoms with Gasteiger partial charge in [0.1, 0.15) is 30.8 Å². The van der Waals surface area contributed by atoms with Gasteiger partial charge in [0.2, 0.25) is 5.91 Å². The van der Waals surface area contributed by atoms with Gasteiger partial charge >= 0.3 is 5.97 Å². The summed E-state index contributed by atoms with van der Waals surface area (Å²) in [4.78, 5) is 28.3. The molecule has 0 aliphatic carbocycles. The van der Waals surface area contributed by atoms with Crippen molar-refractivity contribution < 1.29 is 50.1 Å². The SMILES string of the molecule is CC(=O)N1CCN(c2ccc(OCc3c[n+](Cc4cc(C)c(OC(=O)C(C)C)c(C)c4)c(-c4ccc(Cl)cc4Cl)n3CC3OCCO3)cc2)CC1.[Br-]. The van der Waals surface area contributed by atoms with Gasteiger partial charge in [-0.05, 0) is 85.1 Å². The first-order chi connectivity index (χ1) is 24.5. The van der Waals surface area contributed by atoms with E-state index in [2.05, 4.69) is 44.5 Å². The zero-order valence-electron chi connectivity index (χ0n) is 30.2. The number of hydrogen-bond acceptors (Lipinski definition) is 7. The zero-order valence-corrected chi connectivity index (χ0v) is 33.3. The highest BCUT2D eigenvalue weighted by atomic mass is 79.9. The molecule has 0 atom stereocenters. The summed E-state index contributed by atoms with van der Waals surface area (Å²) in [6.07, 6.45) is 1.65. The van der Waals surface area contributed by atoms with Crippen molar-refractivity contribution in [1.29, 1.82) is 0 Å². The molecule has 2 fully saturated rings. The van der Waals surface area contributed by atoms with Gasteiger partial charge < -0.3 is 45.7 Å². The number of amides is 1. The molecule has 4 aromatic rings. The van der Waals surface area contributed by atoms with Gasteiger partial charge in [0.25, 0.3) is 5.82 Å². The van der Waals surface area contributed by atoms with Crippen LogP contribution in [0.2, 0.25) is 10.0 Å². The van der Waals surface area contributed by atoms with Crippen LogP contribution in [0.15, 0.2) is 60.8 Å². The van der Waals surface area contributed by atoms with Crippen LogP contribution < -0.4 is 35.9 Å². The number of hydrogen-bond donors (Lipinski definition) is 0. The number of carbonyl (C=O) groups excluding carboxylic acids is 2. The maximum absolute atomic E-state index is 12.4. The smallest absolute Gasteiger partial charge is 0.313 e. The second-order valence-electron chi connectivity index (χ2n) is 13.4. The standard InChI is InChI=1S/C39H45Cl2N4O6.BrH/c1-25(2)39(47)51-37-26(3)18-29(19-27(37)4)21-44-22-32(24-50-33-9-7-31(8-10-33)43-14-12-42(13-15-43)28(5)46)45(23-36-48-16-17-49-36)38(44)34-11-6-30(40)20-35(34)41;/h6-11,18-20,22,25,36H,12-17,21,23-24H2,1-5H3;1H/q+1;/p-1. The van der Waals surface area contributed by atoms with E-state index in [-0.39, 0.29) is 41.4 Å². The molecule has 52 heavy (non-hydrogen) atoms. The Morgan fingerprint density at radius 3 is 2.19 bits per heavy atom. The monoisotopic (exact) mass is 814 g/mol. The Hall–Kier alpha value is -3.61. The maximum atomic E-state index is 12.4. The number of nitrogens with zero attached hydrogens (tertiary/aromatic N) is 4. The summed E-state index contributed by atoms with van der Waals surface area (Å²) in [6.45, 7) is 14.4. The van der Waals surface area contributed by atoms with Gasteiger partial charge in [-0.15, -0.1) is 0 Å². The molecule has 1 aromatic heterocycles. The summed E-state index contributed by atoms with van der Waals surface area (Å²) < 4.78 is 28.3. The number of ether oxygens (including phenoxy) is 4. The van der Waals surface area contributed by atoms with Gasteiger partial charge in [-0.3, -0.25) is 9.59 Å². The van der Waals surface area contributed by atoms with Crippen LogP contribution >= 0.6 is 23.2 Å². The van der Waals surface area contributed by atoms with E-state index >= 15 is 0 Å². The van der Waals surface area contributed by atoms with Crippen molar-refractivity contribution in [2.45, 2.75) is 60.6 Å². The van der Waals surface area contributed by atoms with Gasteiger partial charge in [0.05, 0.1) is 29.7 Å². The number of aromatic nitrogens is 2. The Kier molecular flexibility index (Phi) is 13.3. The van der Waals surface area contributed by atoms with Crippen LogP contribution in [0.25, 0.3) is 11.4 Å². The minimum absolute atomic E-state index is 0. The second kappa shape index (κ2) is 17.5. The van der Waals surface area contributed by atoms with Crippen molar-refractivity contribution in [1.82, 2.24) is 9.47 Å². The van der Waals surface area contributed by atoms with Gasteiger partial charge in [-0.1, -0.05) is 37.0 Å². The lowest BCUT2D eigenvalue weighted by Gasteiger charge is -2.35. The molecule has 13 heteroatoms. The molecular formula is C39H45BrCl2N4O6. The fraction of sp³-hybridized carbons (Fsp3) is 0.410. The number of piperazine rings is 1. The Bertz CT molecular complexity index is 1860. The molecule has 2 saturated heterocycles. The predicted molar refractivity (Wildman–Crippen MR) is 197 cm³/mol. The molecule has 0 unspecified atom stereocenters. The Morgan fingerprint density at radius 2 is 1.60 bits per heavy atom. The molecule has 10 nitrogen and oxygen atoms in total. The Morgan fingerprint density at radius 1 is 0.942 bits per heavy atom. The molecule has 278 valence electrons. The molecule has 1 amide bonds. The molecule has 3 heterocycles. The second-order valence-corrected chi connectivity index (χ2v) is 14.2. The van der Waals surface area contributed by atoms with E-state index in [9.17, 15) is 9.59 Å². The van der Waals surface area contributed by atoms with Gasteiger partial charge in [-0.25, -0.2) is 9.13 Å². The van der Waals surface area contributed by atoms with Crippen molar-refractivity contribution >= 4 is 40.8 Å². The van der Waals surface area contributed by atoms with Gasteiger partial charge in [0.15, 0.2) is 18.6 Å². The topological polar surface area (TPSA) is 86.4 Å². The summed E-state index contributed by atoms with van der Waals surface area (Å²) in [5, 5.41) is 1.06. The van der Waals surface area contributed by atoms with Crippen LogP contribution in [-0.2, 0) is 38.8 Å². The third kappa shape index (κ3) is 9.30. The summed E-state index contributed by atoms with van der Waals surface area (Å²) in [7, 11) is 0.